The number of furan rings is 1. The Morgan fingerprint density at radius 2 is 0.500 bits per heavy atom. The van der Waals surface area contributed by atoms with E-state index >= 15 is 0 Å². The highest BCUT2D eigenvalue weighted by atomic mass is 32.1. The van der Waals surface area contributed by atoms with Crippen LogP contribution in [-0.4, -0.2) is 18.3 Å². The number of fused-ring (bicyclic) bond motifs is 18. The van der Waals surface area contributed by atoms with Crippen molar-refractivity contribution in [3.63, 3.8) is 0 Å². The van der Waals surface area contributed by atoms with Crippen molar-refractivity contribution < 1.29 is 4.42 Å². The van der Waals surface area contributed by atoms with Crippen LogP contribution in [0.15, 0.2) is 271 Å². The maximum absolute atomic E-state index is 6.12. The fourth-order valence-corrected chi connectivity index (χ4v) is 14.0. The van der Waals surface area contributed by atoms with Gasteiger partial charge in [0.15, 0.2) is 0 Å². The highest BCUT2D eigenvalue weighted by Crippen LogP contribution is 2.42. The van der Waals surface area contributed by atoms with Crippen molar-refractivity contribution in [1.82, 2.24) is 18.3 Å². The van der Waals surface area contributed by atoms with E-state index in [1.165, 1.54) is 124 Å². The molecule has 78 heavy (non-hydrogen) atoms. The second kappa shape index (κ2) is 16.7. The number of benzene rings is 12. The first-order valence-corrected chi connectivity index (χ1v) is 27.4. The van der Waals surface area contributed by atoms with Crippen molar-refractivity contribution in [2.24, 2.45) is 0 Å². The molecule has 0 fully saturated rings. The second-order valence-corrected chi connectivity index (χ2v) is 21.5. The minimum Gasteiger partial charge on any atom is -0.456 e. The summed E-state index contributed by atoms with van der Waals surface area (Å²) in [6.45, 7) is 0. The fraction of sp³-hybridized carbons (Fsp3) is 0. The van der Waals surface area contributed by atoms with Gasteiger partial charge >= 0.3 is 0 Å². The van der Waals surface area contributed by atoms with Crippen molar-refractivity contribution in [3.05, 3.63) is 267 Å². The zero-order valence-electron chi connectivity index (χ0n) is 42.0. The number of thiophene rings is 1. The van der Waals surface area contributed by atoms with Crippen LogP contribution >= 0.6 is 11.3 Å². The van der Waals surface area contributed by atoms with Gasteiger partial charge in [0.25, 0.3) is 0 Å². The molecule has 0 N–H and O–H groups in total. The molecule has 6 heteroatoms. The molecule has 0 aliphatic heterocycles. The SMILES string of the molecule is c1ccc2c(c1)oc1ccc(-n3c4ccccc4c4cc(-n5c6ccccc6c6ccccc65)ccc43)cc12.c1ccc2c(c1)sc1ccc(-n3c4ccccc4c4cc(-n5c6ccccc6c6ccccc65)ccc43)cc12. The molecule has 364 valence electrons. The molecule has 0 atom stereocenters. The van der Waals surface area contributed by atoms with Crippen LogP contribution in [0, 0.1) is 0 Å². The van der Waals surface area contributed by atoms with Crippen LogP contribution in [0.1, 0.15) is 0 Å². The molecule has 18 rings (SSSR count). The first kappa shape index (κ1) is 43.1. The van der Waals surface area contributed by atoms with E-state index < -0.39 is 0 Å². The monoisotopic (exact) mass is 1010 g/mol. The Morgan fingerprint density at radius 1 is 0.205 bits per heavy atom. The van der Waals surface area contributed by atoms with Gasteiger partial charge in [-0.05, 0) is 121 Å². The Morgan fingerprint density at radius 3 is 0.962 bits per heavy atom. The Kier molecular flexibility index (Phi) is 9.22. The third-order valence-electron chi connectivity index (χ3n) is 16.2. The summed E-state index contributed by atoms with van der Waals surface area (Å²) in [7, 11) is 0. The molecule has 0 bridgehead atoms. The topological polar surface area (TPSA) is 32.9 Å². The van der Waals surface area contributed by atoms with Gasteiger partial charge in [0.2, 0.25) is 0 Å². The van der Waals surface area contributed by atoms with Gasteiger partial charge in [-0.25, -0.2) is 0 Å². The smallest absolute Gasteiger partial charge is 0.135 e. The molecule has 6 heterocycles. The lowest BCUT2D eigenvalue weighted by Crippen LogP contribution is -1.95. The zero-order valence-corrected chi connectivity index (χ0v) is 42.8. The van der Waals surface area contributed by atoms with Crippen molar-refractivity contribution in [2.45, 2.75) is 0 Å². The second-order valence-electron chi connectivity index (χ2n) is 20.4. The third kappa shape index (κ3) is 6.29. The molecular formula is C72H44N4OS. The minimum atomic E-state index is 0.911. The van der Waals surface area contributed by atoms with Gasteiger partial charge in [-0.15, -0.1) is 11.3 Å². The maximum atomic E-state index is 6.12. The van der Waals surface area contributed by atoms with Gasteiger partial charge in [0.1, 0.15) is 11.2 Å². The number of nitrogens with zero attached hydrogens (tertiary/aromatic N) is 4. The lowest BCUT2D eigenvalue weighted by atomic mass is 10.1. The molecule has 0 unspecified atom stereocenters. The zero-order chi connectivity index (χ0) is 51.0. The van der Waals surface area contributed by atoms with Gasteiger partial charge in [-0.1, -0.05) is 146 Å². The predicted octanol–water partition coefficient (Wildman–Crippen LogP) is 20.0. The molecule has 0 saturated carbocycles. The van der Waals surface area contributed by atoms with Crippen LogP contribution in [0.2, 0.25) is 0 Å². The highest BCUT2D eigenvalue weighted by molar-refractivity contribution is 7.25. The predicted molar refractivity (Wildman–Crippen MR) is 330 cm³/mol. The molecule has 0 aliphatic carbocycles. The van der Waals surface area contributed by atoms with E-state index in [1.807, 2.05) is 23.5 Å². The Bertz CT molecular complexity index is 5040. The van der Waals surface area contributed by atoms with Gasteiger partial charge in [-0.3, -0.25) is 0 Å². The molecule has 12 aromatic carbocycles. The number of para-hydroxylation sites is 7. The van der Waals surface area contributed by atoms with E-state index in [4.69, 9.17) is 4.42 Å². The summed E-state index contributed by atoms with van der Waals surface area (Å²) in [4.78, 5) is 0. The van der Waals surface area contributed by atoms with Crippen LogP contribution in [-0.2, 0) is 0 Å². The Labute approximate surface area is 450 Å². The van der Waals surface area contributed by atoms with Gasteiger partial charge in [-0.2, -0.15) is 0 Å². The van der Waals surface area contributed by atoms with Crippen LogP contribution in [0.3, 0.4) is 0 Å². The van der Waals surface area contributed by atoms with Gasteiger partial charge in [0, 0.05) is 96.8 Å². The van der Waals surface area contributed by atoms with E-state index in [2.05, 4.69) is 273 Å². The average Bonchev–Trinajstić information content (AvgIpc) is 4.55. The number of hydrogen-bond acceptors (Lipinski definition) is 2. The van der Waals surface area contributed by atoms with Crippen molar-refractivity contribution in [2.75, 3.05) is 0 Å². The van der Waals surface area contributed by atoms with Crippen LogP contribution < -0.4 is 0 Å². The molecule has 5 nitrogen and oxygen atoms in total. The van der Waals surface area contributed by atoms with Crippen LogP contribution in [0.4, 0.5) is 0 Å². The van der Waals surface area contributed by atoms with E-state index in [0.717, 1.165) is 27.6 Å². The molecule has 0 radical (unpaired) electrons. The summed E-state index contributed by atoms with van der Waals surface area (Å²) >= 11 is 1.86. The first-order valence-electron chi connectivity index (χ1n) is 26.6. The molecular weight excluding hydrogens is 969 g/mol. The lowest BCUT2D eigenvalue weighted by Gasteiger charge is -2.10. The van der Waals surface area contributed by atoms with Gasteiger partial charge < -0.3 is 22.7 Å². The van der Waals surface area contributed by atoms with E-state index in [1.54, 1.807) is 0 Å². The number of hydrogen-bond donors (Lipinski definition) is 0. The molecule has 18 aromatic rings. The third-order valence-corrected chi connectivity index (χ3v) is 17.4. The summed E-state index contributed by atoms with van der Waals surface area (Å²) < 4.78 is 18.4. The average molecular weight is 1010 g/mol. The standard InChI is InChI=1S/C36H22N2O.C36H22N2S/c2*1-5-13-31-25(9-1)26-10-2-6-14-32(26)37(31)23-17-19-34-29(21-23)27-11-3-7-15-33(27)38(34)24-18-20-36-30(22-24)28-12-4-8-16-35(28)39-36/h2*1-22H. The summed E-state index contributed by atoms with van der Waals surface area (Å²) in [5.74, 6) is 0. The van der Waals surface area contributed by atoms with E-state index in [9.17, 15) is 0 Å². The van der Waals surface area contributed by atoms with Crippen molar-refractivity contribution >= 4 is 141 Å². The number of rotatable bonds is 4. The van der Waals surface area contributed by atoms with Crippen LogP contribution in [0.25, 0.3) is 152 Å². The molecule has 0 saturated heterocycles. The summed E-state index contributed by atoms with van der Waals surface area (Å²) in [6.07, 6.45) is 0. The summed E-state index contributed by atoms with van der Waals surface area (Å²) in [5.41, 5.74) is 16.2. The van der Waals surface area contributed by atoms with Crippen molar-refractivity contribution in [3.8, 4) is 22.7 Å². The van der Waals surface area contributed by atoms with E-state index in [0.29, 0.717) is 0 Å². The fourth-order valence-electron chi connectivity index (χ4n) is 12.9. The molecule has 6 aromatic heterocycles. The largest absolute Gasteiger partial charge is 0.456 e. The van der Waals surface area contributed by atoms with Gasteiger partial charge in [0.05, 0.1) is 44.1 Å². The minimum absolute atomic E-state index is 0.911. The lowest BCUT2D eigenvalue weighted by molar-refractivity contribution is 0.669. The summed E-state index contributed by atoms with van der Waals surface area (Å²) in [6, 6.07) is 96.5. The van der Waals surface area contributed by atoms with Crippen molar-refractivity contribution in [1.29, 1.82) is 0 Å². The molecule has 0 spiro atoms. The van der Waals surface area contributed by atoms with E-state index in [-0.39, 0.29) is 0 Å². The quantitative estimate of drug-likeness (QED) is 0.173. The summed E-state index contributed by atoms with van der Waals surface area (Å²) in [5, 5.41) is 15.1. The first-order chi connectivity index (χ1) is 38.7. The Balaban J connectivity index is 0.000000126. The molecule has 0 aliphatic rings. The normalized spacial score (nSPS) is 12.1. The number of aromatic nitrogens is 4. The van der Waals surface area contributed by atoms with Crippen LogP contribution in [0.5, 0.6) is 0 Å². The Hall–Kier alpha value is -10.1. The highest BCUT2D eigenvalue weighted by Gasteiger charge is 2.20. The maximum Gasteiger partial charge on any atom is 0.135 e. The molecule has 0 amide bonds.